The lowest BCUT2D eigenvalue weighted by Gasteiger charge is -2.18. The van der Waals surface area contributed by atoms with Gasteiger partial charge in [-0.2, -0.15) is 0 Å². The molecule has 0 aliphatic heterocycles. The van der Waals surface area contributed by atoms with Crippen molar-refractivity contribution in [3.05, 3.63) is 0 Å². The summed E-state index contributed by atoms with van der Waals surface area (Å²) in [4.78, 5) is 24.3. The Morgan fingerprint density at radius 1 is 0.875 bits per heavy atom. The van der Waals surface area contributed by atoms with Gasteiger partial charge in [0, 0.05) is 26.1 Å². The van der Waals surface area contributed by atoms with E-state index in [-0.39, 0.29) is 55.0 Å². The molecule has 0 aromatic heterocycles. The van der Waals surface area contributed by atoms with Gasteiger partial charge < -0.3 is 37.5 Å². The van der Waals surface area contributed by atoms with Crippen LogP contribution in [0.3, 0.4) is 0 Å². The molecule has 194 valence electrons. The number of rotatable bonds is 19. The van der Waals surface area contributed by atoms with Gasteiger partial charge in [0.25, 0.3) is 5.91 Å². The second-order valence-corrected chi connectivity index (χ2v) is 6.80. The lowest BCUT2D eigenvalue weighted by Crippen LogP contribution is -2.48. The number of carbonyl (C=O) groups is 2. The Labute approximate surface area is 211 Å². The van der Waals surface area contributed by atoms with Gasteiger partial charge in [0.1, 0.15) is 0 Å². The van der Waals surface area contributed by atoms with Crippen LogP contribution in [0.2, 0.25) is 0 Å². The molecule has 0 rings (SSSR count). The lowest BCUT2D eigenvalue weighted by molar-refractivity contribution is -0.140. The third-order valence-electron chi connectivity index (χ3n) is 4.15. The Morgan fingerprint density at radius 3 is 2.06 bits per heavy atom. The molecule has 0 aromatic rings. The Hall–Kier alpha value is -1.04. The van der Waals surface area contributed by atoms with E-state index in [0.29, 0.717) is 32.7 Å². The maximum atomic E-state index is 12.2. The van der Waals surface area contributed by atoms with Gasteiger partial charge in [0.05, 0.1) is 0 Å². The summed E-state index contributed by atoms with van der Waals surface area (Å²) in [6.45, 7) is 5.83. The second-order valence-electron chi connectivity index (χ2n) is 6.80. The van der Waals surface area contributed by atoms with Crippen LogP contribution in [-0.4, -0.2) is 63.3 Å². The van der Waals surface area contributed by atoms with Gasteiger partial charge in [-0.1, -0.05) is 12.8 Å². The quantitative estimate of drug-likeness (QED) is 0.0572. The van der Waals surface area contributed by atoms with Crippen LogP contribution < -0.4 is 32.7 Å². The largest absolute Gasteiger partial charge is 0.370 e. The standard InChI is InChI=1S/C19H41N7O3.3ClH/c1-2-29-18(17(28)24-14-8-7-12-23-13-9-11-20)26-16(27)10-5-3-4-6-15-25-19(21)22;;;/h18,23H,2-15,20H2,1H3,(H,24,28)(H,26,27)(H4,21,22,25);3*1H. The number of guanidine groups is 1. The van der Waals surface area contributed by atoms with Crippen molar-refractivity contribution in [1.29, 1.82) is 5.41 Å². The van der Waals surface area contributed by atoms with Crippen LogP contribution in [0, 0.1) is 5.41 Å². The minimum absolute atomic E-state index is 0. The van der Waals surface area contributed by atoms with Crippen LogP contribution in [0.1, 0.15) is 58.3 Å². The minimum atomic E-state index is -0.949. The summed E-state index contributed by atoms with van der Waals surface area (Å²) in [7, 11) is 0. The molecule has 0 aromatic carbocycles. The zero-order valence-corrected chi connectivity index (χ0v) is 21.5. The van der Waals surface area contributed by atoms with Gasteiger partial charge in [0.15, 0.2) is 5.96 Å². The van der Waals surface area contributed by atoms with Crippen molar-refractivity contribution in [2.24, 2.45) is 11.5 Å². The molecule has 0 fully saturated rings. The van der Waals surface area contributed by atoms with Crippen LogP contribution >= 0.6 is 37.2 Å². The highest BCUT2D eigenvalue weighted by Crippen LogP contribution is 2.03. The SMILES string of the molecule is CCOC(NC(=O)CCCCCCNC(=N)N)C(=O)NCCCCNCCCN.Cl.Cl.Cl. The Balaban J connectivity index is -0.00000131. The Bertz CT molecular complexity index is 464. The normalized spacial score (nSPS) is 10.6. The predicted octanol–water partition coefficient (Wildman–Crippen LogP) is 0.999. The maximum absolute atomic E-state index is 12.2. The molecule has 1 atom stereocenters. The average Bonchev–Trinajstić information content (AvgIpc) is 2.68. The van der Waals surface area contributed by atoms with E-state index in [2.05, 4.69) is 21.3 Å². The van der Waals surface area contributed by atoms with Gasteiger partial charge in [-0.05, 0) is 58.7 Å². The summed E-state index contributed by atoms with van der Waals surface area (Å²) < 4.78 is 5.37. The fraction of sp³-hybridized carbons (Fsp3) is 0.842. The summed E-state index contributed by atoms with van der Waals surface area (Å²) in [6, 6.07) is 0. The van der Waals surface area contributed by atoms with Gasteiger partial charge in [-0.25, -0.2) is 0 Å². The van der Waals surface area contributed by atoms with Crippen LogP contribution in [0.25, 0.3) is 0 Å². The van der Waals surface area contributed by atoms with E-state index in [4.69, 9.17) is 21.6 Å². The number of nitrogens with two attached hydrogens (primary N) is 2. The minimum Gasteiger partial charge on any atom is -0.370 e. The van der Waals surface area contributed by atoms with Gasteiger partial charge in [-0.15, -0.1) is 37.2 Å². The molecule has 0 saturated carbocycles. The predicted molar refractivity (Wildman–Crippen MR) is 137 cm³/mol. The molecule has 0 bridgehead atoms. The second kappa shape index (κ2) is 28.0. The lowest BCUT2D eigenvalue weighted by atomic mass is 10.1. The fourth-order valence-corrected chi connectivity index (χ4v) is 2.59. The molecule has 13 heteroatoms. The molecular formula is C19H44Cl3N7O3. The first kappa shape index (κ1) is 38.2. The van der Waals surface area contributed by atoms with Crippen LogP contribution in [0.5, 0.6) is 0 Å². The third kappa shape index (κ3) is 25.2. The van der Waals surface area contributed by atoms with E-state index in [1.165, 1.54) is 0 Å². The first-order chi connectivity index (χ1) is 14.0. The number of amides is 2. The van der Waals surface area contributed by atoms with E-state index < -0.39 is 6.23 Å². The molecule has 32 heavy (non-hydrogen) atoms. The summed E-state index contributed by atoms with van der Waals surface area (Å²) in [5, 5.41) is 18.6. The van der Waals surface area contributed by atoms with E-state index in [9.17, 15) is 9.59 Å². The molecular weight excluding hydrogens is 481 g/mol. The first-order valence-corrected chi connectivity index (χ1v) is 10.7. The fourth-order valence-electron chi connectivity index (χ4n) is 2.59. The number of halogens is 3. The highest BCUT2D eigenvalue weighted by molar-refractivity contribution is 5.86. The number of hydrogen-bond acceptors (Lipinski definition) is 6. The van der Waals surface area contributed by atoms with Crippen molar-refractivity contribution in [3.63, 3.8) is 0 Å². The first-order valence-electron chi connectivity index (χ1n) is 10.7. The van der Waals surface area contributed by atoms with Crippen LogP contribution in [-0.2, 0) is 14.3 Å². The average molecular weight is 525 g/mol. The molecule has 0 spiro atoms. The maximum Gasteiger partial charge on any atom is 0.270 e. The molecule has 0 radical (unpaired) electrons. The van der Waals surface area contributed by atoms with Gasteiger partial charge in [0.2, 0.25) is 12.1 Å². The van der Waals surface area contributed by atoms with Gasteiger partial charge >= 0.3 is 0 Å². The van der Waals surface area contributed by atoms with Crippen LogP contribution in [0.15, 0.2) is 0 Å². The third-order valence-corrected chi connectivity index (χ3v) is 4.15. The Morgan fingerprint density at radius 2 is 1.44 bits per heavy atom. The molecule has 9 N–H and O–H groups in total. The molecule has 2 amide bonds. The molecule has 1 unspecified atom stereocenters. The zero-order valence-electron chi connectivity index (χ0n) is 19.1. The molecule has 0 saturated heterocycles. The highest BCUT2D eigenvalue weighted by Gasteiger charge is 2.20. The summed E-state index contributed by atoms with van der Waals surface area (Å²) in [5.74, 6) is -0.528. The number of carbonyl (C=O) groups excluding carboxylic acids is 2. The monoisotopic (exact) mass is 523 g/mol. The van der Waals surface area contributed by atoms with E-state index in [1.807, 2.05) is 0 Å². The van der Waals surface area contributed by atoms with Crippen molar-refractivity contribution in [1.82, 2.24) is 21.3 Å². The molecule has 0 aliphatic rings. The van der Waals surface area contributed by atoms with Crippen molar-refractivity contribution in [2.45, 2.75) is 64.5 Å². The van der Waals surface area contributed by atoms with Crippen molar-refractivity contribution < 1.29 is 14.3 Å². The zero-order chi connectivity index (χ0) is 21.7. The van der Waals surface area contributed by atoms with E-state index >= 15 is 0 Å². The van der Waals surface area contributed by atoms with Crippen molar-refractivity contribution in [3.8, 4) is 0 Å². The Kier molecular flexibility index (Phi) is 33.4. The van der Waals surface area contributed by atoms with E-state index in [1.54, 1.807) is 6.92 Å². The molecule has 10 nitrogen and oxygen atoms in total. The smallest absolute Gasteiger partial charge is 0.270 e. The molecule has 0 aliphatic carbocycles. The number of ether oxygens (including phenoxy) is 1. The van der Waals surface area contributed by atoms with Crippen LogP contribution in [0.4, 0.5) is 0 Å². The summed E-state index contributed by atoms with van der Waals surface area (Å²) in [6.07, 6.45) is 5.66. The summed E-state index contributed by atoms with van der Waals surface area (Å²) in [5.41, 5.74) is 10.6. The number of hydrogen-bond donors (Lipinski definition) is 7. The van der Waals surface area contributed by atoms with Crippen molar-refractivity contribution in [2.75, 3.05) is 39.3 Å². The van der Waals surface area contributed by atoms with Crippen molar-refractivity contribution >= 4 is 55.0 Å². The van der Waals surface area contributed by atoms with E-state index in [0.717, 1.165) is 58.0 Å². The summed E-state index contributed by atoms with van der Waals surface area (Å²) >= 11 is 0. The van der Waals surface area contributed by atoms with Gasteiger partial charge in [-0.3, -0.25) is 15.0 Å². The highest BCUT2D eigenvalue weighted by atomic mass is 35.5. The topological polar surface area (TPSA) is 167 Å². The molecule has 0 heterocycles. The number of nitrogens with one attached hydrogen (secondary N) is 5. The number of unbranched alkanes of at least 4 members (excludes halogenated alkanes) is 4.